The number of fused-ring (bicyclic) bond motifs is 2. The number of benzene rings is 1. The number of aromatic amines is 1. The van der Waals surface area contributed by atoms with E-state index >= 15 is 0 Å². The van der Waals surface area contributed by atoms with Crippen LogP contribution < -0.4 is 0 Å². The summed E-state index contributed by atoms with van der Waals surface area (Å²) in [4.78, 5) is 12.0. The molecule has 0 saturated carbocycles. The molecule has 5 rings (SSSR count). The zero-order valence-electron chi connectivity index (χ0n) is 15.3. The van der Waals surface area contributed by atoms with E-state index in [2.05, 4.69) is 39.1 Å². The summed E-state index contributed by atoms with van der Waals surface area (Å²) in [6, 6.07) is 10.1. The van der Waals surface area contributed by atoms with Crippen LogP contribution in [0.1, 0.15) is 24.1 Å². The average molecular weight is 373 g/mol. The molecule has 0 aliphatic rings. The van der Waals surface area contributed by atoms with Crippen LogP contribution in [0.15, 0.2) is 55.2 Å². The number of imidazole rings is 2. The van der Waals surface area contributed by atoms with Gasteiger partial charge in [0.2, 0.25) is 0 Å². The number of hydrogen-bond acceptors (Lipinski definition) is 5. The van der Waals surface area contributed by atoms with Crippen LogP contribution >= 0.6 is 0 Å². The summed E-state index contributed by atoms with van der Waals surface area (Å²) in [6.45, 7) is 2.66. The fourth-order valence-electron chi connectivity index (χ4n) is 3.45. The van der Waals surface area contributed by atoms with Crippen LogP contribution in [0.25, 0.3) is 27.9 Å². The fraction of sp³-hybridized carbons (Fsp3) is 0.200. The molecule has 0 aliphatic carbocycles. The minimum absolute atomic E-state index is 0.0530. The van der Waals surface area contributed by atoms with Crippen LogP contribution in [0.5, 0.6) is 0 Å². The Bertz CT molecular complexity index is 1270. The average Bonchev–Trinajstić information content (AvgIpc) is 3.45. The lowest BCUT2D eigenvalue weighted by molar-refractivity contribution is 0.269. The second kappa shape index (κ2) is 6.58. The van der Waals surface area contributed by atoms with Crippen molar-refractivity contribution in [1.82, 2.24) is 34.3 Å². The summed E-state index contributed by atoms with van der Waals surface area (Å²) in [6.07, 6.45) is 7.23. The highest BCUT2D eigenvalue weighted by molar-refractivity contribution is 5.75. The van der Waals surface area contributed by atoms with Gasteiger partial charge in [0, 0.05) is 17.7 Å². The molecule has 5 aromatic rings. The normalized spacial score (nSPS) is 12.8. The number of aliphatic hydroxyl groups is 1. The first-order chi connectivity index (χ1) is 13.7. The highest BCUT2D eigenvalue weighted by Gasteiger charge is 2.16. The molecule has 0 saturated heterocycles. The van der Waals surface area contributed by atoms with Gasteiger partial charge in [0.1, 0.15) is 0 Å². The van der Waals surface area contributed by atoms with Crippen molar-refractivity contribution in [2.45, 2.75) is 19.4 Å². The van der Waals surface area contributed by atoms with Crippen molar-refractivity contribution in [2.24, 2.45) is 0 Å². The van der Waals surface area contributed by atoms with Crippen molar-refractivity contribution in [3.05, 3.63) is 66.5 Å². The van der Waals surface area contributed by atoms with Crippen molar-refractivity contribution in [3.8, 4) is 11.3 Å². The van der Waals surface area contributed by atoms with Gasteiger partial charge in [0.05, 0.1) is 54.3 Å². The quantitative estimate of drug-likeness (QED) is 0.494. The Morgan fingerprint density at radius 3 is 2.96 bits per heavy atom. The standard InChI is InChI=1S/C20H19N7O/c1-13(14-2-3-17-18(8-14)23-12-22-17)19-10-21-20-5-4-16(25-27(19)20)15-9-24-26(11-15)6-7-28/h2-5,8-13,28H,6-7H2,1H3,(H,22,23). The molecule has 4 aromatic heterocycles. The predicted molar refractivity (Wildman–Crippen MR) is 105 cm³/mol. The molecule has 140 valence electrons. The molecule has 8 heteroatoms. The maximum atomic E-state index is 9.08. The molecule has 0 bridgehead atoms. The second-order valence-corrected chi connectivity index (χ2v) is 6.79. The maximum Gasteiger partial charge on any atom is 0.153 e. The summed E-state index contributed by atoms with van der Waals surface area (Å²) in [5, 5.41) is 18.1. The lowest BCUT2D eigenvalue weighted by atomic mass is 9.98. The first kappa shape index (κ1) is 16.6. The Morgan fingerprint density at radius 1 is 1.14 bits per heavy atom. The van der Waals surface area contributed by atoms with E-state index in [0.717, 1.165) is 33.6 Å². The minimum Gasteiger partial charge on any atom is -0.394 e. The van der Waals surface area contributed by atoms with Gasteiger partial charge in [0.15, 0.2) is 5.65 Å². The molecule has 0 aliphatic heterocycles. The largest absolute Gasteiger partial charge is 0.394 e. The molecule has 0 radical (unpaired) electrons. The number of nitrogens with zero attached hydrogens (tertiary/aromatic N) is 6. The monoisotopic (exact) mass is 373 g/mol. The third kappa shape index (κ3) is 2.74. The van der Waals surface area contributed by atoms with Gasteiger partial charge in [-0.3, -0.25) is 4.68 Å². The number of hydrogen-bond donors (Lipinski definition) is 2. The highest BCUT2D eigenvalue weighted by atomic mass is 16.3. The number of rotatable bonds is 5. The molecular weight excluding hydrogens is 354 g/mol. The molecule has 1 aromatic carbocycles. The predicted octanol–water partition coefficient (Wildman–Crippen LogP) is 2.61. The van der Waals surface area contributed by atoms with Crippen molar-refractivity contribution in [2.75, 3.05) is 6.61 Å². The minimum atomic E-state index is 0.0530. The zero-order chi connectivity index (χ0) is 19.1. The van der Waals surface area contributed by atoms with Crippen molar-refractivity contribution in [1.29, 1.82) is 0 Å². The number of aliphatic hydroxyl groups excluding tert-OH is 1. The van der Waals surface area contributed by atoms with Crippen molar-refractivity contribution < 1.29 is 5.11 Å². The van der Waals surface area contributed by atoms with E-state index in [1.807, 2.05) is 35.1 Å². The molecule has 0 amide bonds. The van der Waals surface area contributed by atoms with Gasteiger partial charge in [-0.1, -0.05) is 13.0 Å². The number of nitrogens with one attached hydrogen (secondary N) is 1. The molecular formula is C20H19N7O. The Kier molecular flexibility index (Phi) is 3.91. The Balaban J connectivity index is 1.55. The highest BCUT2D eigenvalue weighted by Crippen LogP contribution is 2.27. The molecule has 1 unspecified atom stereocenters. The van der Waals surface area contributed by atoms with Gasteiger partial charge in [-0.25, -0.2) is 14.5 Å². The zero-order valence-corrected chi connectivity index (χ0v) is 15.3. The first-order valence-electron chi connectivity index (χ1n) is 9.14. The van der Waals surface area contributed by atoms with E-state index in [-0.39, 0.29) is 12.5 Å². The van der Waals surface area contributed by atoms with Gasteiger partial charge in [-0.2, -0.15) is 10.2 Å². The summed E-state index contributed by atoms with van der Waals surface area (Å²) >= 11 is 0. The SMILES string of the molecule is CC(c1ccc2nc[nH]c2c1)c1cnc2ccc(-c3cnn(CCO)c3)nn12. The van der Waals surface area contributed by atoms with Gasteiger partial charge in [0.25, 0.3) is 0 Å². The first-order valence-corrected chi connectivity index (χ1v) is 9.14. The van der Waals surface area contributed by atoms with E-state index in [0.29, 0.717) is 6.54 Å². The molecule has 2 N–H and O–H groups in total. The second-order valence-electron chi connectivity index (χ2n) is 6.79. The lowest BCUT2D eigenvalue weighted by Gasteiger charge is -2.12. The maximum absolute atomic E-state index is 9.08. The fourth-order valence-corrected chi connectivity index (χ4v) is 3.45. The smallest absolute Gasteiger partial charge is 0.153 e. The third-order valence-electron chi connectivity index (χ3n) is 5.03. The lowest BCUT2D eigenvalue weighted by Crippen LogP contribution is -2.04. The van der Waals surface area contributed by atoms with Crippen LogP contribution in [0.3, 0.4) is 0 Å². The van der Waals surface area contributed by atoms with E-state index in [9.17, 15) is 0 Å². The van der Waals surface area contributed by atoms with Crippen molar-refractivity contribution >= 4 is 16.7 Å². The molecule has 28 heavy (non-hydrogen) atoms. The Hall–Kier alpha value is -3.52. The van der Waals surface area contributed by atoms with Crippen LogP contribution in [0.4, 0.5) is 0 Å². The molecule has 0 fully saturated rings. The number of aromatic nitrogens is 7. The summed E-state index contributed by atoms with van der Waals surface area (Å²) in [5.74, 6) is 0.113. The van der Waals surface area contributed by atoms with Crippen LogP contribution in [0.2, 0.25) is 0 Å². The summed E-state index contributed by atoms with van der Waals surface area (Å²) in [5.41, 5.74) is 6.67. The molecule has 0 spiro atoms. The molecule has 1 atom stereocenters. The van der Waals surface area contributed by atoms with E-state index in [1.54, 1.807) is 17.2 Å². The summed E-state index contributed by atoms with van der Waals surface area (Å²) < 4.78 is 3.60. The molecule has 8 nitrogen and oxygen atoms in total. The molecule has 4 heterocycles. The number of H-pyrrole nitrogens is 1. The van der Waals surface area contributed by atoms with E-state index in [4.69, 9.17) is 10.2 Å². The van der Waals surface area contributed by atoms with E-state index < -0.39 is 0 Å². The van der Waals surface area contributed by atoms with Gasteiger partial charge >= 0.3 is 0 Å². The van der Waals surface area contributed by atoms with Gasteiger partial charge in [-0.15, -0.1) is 0 Å². The third-order valence-corrected chi connectivity index (χ3v) is 5.03. The van der Waals surface area contributed by atoms with Gasteiger partial charge < -0.3 is 10.1 Å². The van der Waals surface area contributed by atoms with Crippen LogP contribution in [-0.4, -0.2) is 46.1 Å². The van der Waals surface area contributed by atoms with Crippen LogP contribution in [0, 0.1) is 0 Å². The summed E-state index contributed by atoms with van der Waals surface area (Å²) in [7, 11) is 0. The van der Waals surface area contributed by atoms with Gasteiger partial charge in [-0.05, 0) is 29.8 Å². The topological polar surface area (TPSA) is 96.9 Å². The van der Waals surface area contributed by atoms with Crippen LogP contribution in [-0.2, 0) is 6.54 Å². The Morgan fingerprint density at radius 2 is 2.07 bits per heavy atom. The van der Waals surface area contributed by atoms with Crippen molar-refractivity contribution in [3.63, 3.8) is 0 Å². The Labute approximate surface area is 160 Å². The van der Waals surface area contributed by atoms with E-state index in [1.165, 1.54) is 5.56 Å².